The fraction of sp³-hybridized carbons (Fsp3) is 0.375. The minimum absolute atomic E-state index is 0.115. The summed E-state index contributed by atoms with van der Waals surface area (Å²) in [6, 6.07) is 8.10. The second kappa shape index (κ2) is 6.26. The first-order valence-corrected chi connectivity index (χ1v) is 8.15. The minimum atomic E-state index is 0.115. The first-order chi connectivity index (χ1) is 10.3. The van der Waals surface area contributed by atoms with Gasteiger partial charge in [0.1, 0.15) is 5.82 Å². The van der Waals surface area contributed by atoms with Crippen molar-refractivity contribution in [3.8, 4) is 0 Å². The lowest BCUT2D eigenvalue weighted by Crippen LogP contribution is -2.48. The lowest BCUT2D eigenvalue weighted by Gasteiger charge is -2.38. The van der Waals surface area contributed by atoms with E-state index in [1.807, 2.05) is 53.2 Å². The molecule has 0 radical (unpaired) electrons. The zero-order valence-electron chi connectivity index (χ0n) is 12.1. The summed E-state index contributed by atoms with van der Waals surface area (Å²) in [6.45, 7) is 1.86. The molecule has 2 aromatic rings. The fourth-order valence-corrected chi connectivity index (χ4v) is 3.41. The van der Waals surface area contributed by atoms with Crippen LogP contribution in [0, 0.1) is 0 Å². The summed E-state index contributed by atoms with van der Waals surface area (Å²) in [5.41, 5.74) is 0.789. The van der Waals surface area contributed by atoms with E-state index in [4.69, 9.17) is 0 Å². The van der Waals surface area contributed by atoms with Gasteiger partial charge in [0.15, 0.2) is 0 Å². The molecule has 110 valence electrons. The van der Waals surface area contributed by atoms with E-state index in [2.05, 4.69) is 9.88 Å². The van der Waals surface area contributed by atoms with E-state index in [0.717, 1.165) is 37.3 Å². The maximum atomic E-state index is 12.4. The van der Waals surface area contributed by atoms with Crippen LogP contribution in [0.25, 0.3) is 0 Å². The molecule has 21 heavy (non-hydrogen) atoms. The summed E-state index contributed by atoms with van der Waals surface area (Å²) < 4.78 is 0. The zero-order valence-corrected chi connectivity index (χ0v) is 12.9. The highest BCUT2D eigenvalue weighted by Crippen LogP contribution is 2.21. The molecule has 1 aliphatic rings. The van der Waals surface area contributed by atoms with E-state index < -0.39 is 0 Å². The van der Waals surface area contributed by atoms with E-state index in [1.165, 1.54) is 0 Å². The van der Waals surface area contributed by atoms with Crippen molar-refractivity contribution in [2.24, 2.45) is 0 Å². The first-order valence-electron chi connectivity index (χ1n) is 7.21. The lowest BCUT2D eigenvalue weighted by atomic mass is 10.0. The molecule has 0 spiro atoms. The SMILES string of the molecule is CN(C(=O)c1ccsc1)C1CCCN(c2ccccn2)C1. The number of amides is 1. The Morgan fingerprint density at radius 2 is 2.33 bits per heavy atom. The van der Waals surface area contributed by atoms with Crippen LogP contribution < -0.4 is 4.90 Å². The Labute approximate surface area is 129 Å². The van der Waals surface area contributed by atoms with Crippen molar-refractivity contribution >= 4 is 23.1 Å². The monoisotopic (exact) mass is 301 g/mol. The second-order valence-electron chi connectivity index (χ2n) is 5.36. The number of carbonyl (C=O) groups excluding carboxylic acids is 1. The molecule has 1 saturated heterocycles. The number of carbonyl (C=O) groups is 1. The van der Waals surface area contributed by atoms with Gasteiger partial charge >= 0.3 is 0 Å². The molecule has 0 aliphatic carbocycles. The molecule has 1 atom stereocenters. The predicted octanol–water partition coefficient (Wildman–Crippen LogP) is 2.88. The predicted molar refractivity (Wildman–Crippen MR) is 85.9 cm³/mol. The normalized spacial score (nSPS) is 18.5. The van der Waals surface area contributed by atoms with Crippen LogP contribution in [0.2, 0.25) is 0 Å². The molecule has 1 aliphatic heterocycles. The highest BCUT2D eigenvalue weighted by molar-refractivity contribution is 7.08. The molecular formula is C16H19N3OS. The van der Waals surface area contributed by atoms with Gasteiger partial charge in [0.2, 0.25) is 0 Å². The largest absolute Gasteiger partial charge is 0.355 e. The Hall–Kier alpha value is -1.88. The van der Waals surface area contributed by atoms with Crippen molar-refractivity contribution in [2.45, 2.75) is 18.9 Å². The Kier molecular flexibility index (Phi) is 4.20. The van der Waals surface area contributed by atoms with Gasteiger partial charge in [-0.25, -0.2) is 4.98 Å². The molecule has 5 heteroatoms. The molecule has 0 saturated carbocycles. The Balaban J connectivity index is 1.70. The number of likely N-dealkylation sites (N-methyl/N-ethyl adjacent to an activating group) is 1. The van der Waals surface area contributed by atoms with Crippen LogP contribution >= 0.6 is 11.3 Å². The van der Waals surface area contributed by atoms with E-state index in [0.29, 0.717) is 0 Å². The number of thiophene rings is 1. The third-order valence-electron chi connectivity index (χ3n) is 4.01. The molecule has 2 aromatic heterocycles. The molecule has 0 bridgehead atoms. The number of hydrogen-bond acceptors (Lipinski definition) is 4. The summed E-state index contributed by atoms with van der Waals surface area (Å²) in [6.07, 6.45) is 3.96. The van der Waals surface area contributed by atoms with E-state index >= 15 is 0 Å². The van der Waals surface area contributed by atoms with Crippen molar-refractivity contribution in [3.63, 3.8) is 0 Å². The van der Waals surface area contributed by atoms with E-state index in [9.17, 15) is 4.79 Å². The fourth-order valence-electron chi connectivity index (χ4n) is 2.78. The van der Waals surface area contributed by atoms with Gasteiger partial charge in [-0.05, 0) is 36.4 Å². The van der Waals surface area contributed by atoms with E-state index in [1.54, 1.807) is 11.3 Å². The van der Waals surface area contributed by atoms with Crippen LogP contribution in [0.3, 0.4) is 0 Å². The molecule has 1 amide bonds. The number of nitrogens with zero attached hydrogens (tertiary/aromatic N) is 3. The van der Waals surface area contributed by atoms with Crippen molar-refractivity contribution in [3.05, 3.63) is 46.8 Å². The third-order valence-corrected chi connectivity index (χ3v) is 4.69. The summed E-state index contributed by atoms with van der Waals surface area (Å²) in [4.78, 5) is 21.0. The average molecular weight is 301 g/mol. The van der Waals surface area contributed by atoms with Gasteiger partial charge in [0, 0.05) is 37.8 Å². The van der Waals surface area contributed by atoms with Crippen molar-refractivity contribution in [1.29, 1.82) is 0 Å². The standard InChI is InChI=1S/C16H19N3OS/c1-18(16(20)13-7-10-21-12-13)14-5-4-9-19(11-14)15-6-2-3-8-17-15/h2-3,6-8,10,12,14H,4-5,9,11H2,1H3. The molecule has 3 rings (SSSR count). The molecule has 0 aromatic carbocycles. The van der Waals surface area contributed by atoms with Crippen LogP contribution in [-0.2, 0) is 0 Å². The highest BCUT2D eigenvalue weighted by Gasteiger charge is 2.27. The molecule has 1 fully saturated rings. The topological polar surface area (TPSA) is 36.4 Å². The van der Waals surface area contributed by atoms with Crippen LogP contribution in [-0.4, -0.2) is 42.0 Å². The van der Waals surface area contributed by atoms with Crippen LogP contribution in [0.4, 0.5) is 5.82 Å². The van der Waals surface area contributed by atoms with Gasteiger partial charge in [-0.1, -0.05) is 6.07 Å². The first kappa shape index (κ1) is 14.1. The number of anilines is 1. The quantitative estimate of drug-likeness (QED) is 0.874. The zero-order chi connectivity index (χ0) is 14.7. The number of pyridine rings is 1. The number of hydrogen-bond donors (Lipinski definition) is 0. The van der Waals surface area contributed by atoms with E-state index in [-0.39, 0.29) is 11.9 Å². The number of aromatic nitrogens is 1. The smallest absolute Gasteiger partial charge is 0.254 e. The molecule has 1 unspecified atom stereocenters. The summed E-state index contributed by atoms with van der Waals surface area (Å²) in [5.74, 6) is 1.11. The number of piperidine rings is 1. The van der Waals surface area contributed by atoms with Crippen molar-refractivity contribution in [2.75, 3.05) is 25.0 Å². The van der Waals surface area contributed by atoms with Crippen LogP contribution in [0.5, 0.6) is 0 Å². The minimum Gasteiger partial charge on any atom is -0.355 e. The lowest BCUT2D eigenvalue weighted by molar-refractivity contribution is 0.0718. The molecule has 4 nitrogen and oxygen atoms in total. The average Bonchev–Trinajstić information content (AvgIpc) is 3.09. The van der Waals surface area contributed by atoms with Crippen LogP contribution in [0.1, 0.15) is 23.2 Å². The van der Waals surface area contributed by atoms with Gasteiger partial charge in [0.05, 0.1) is 5.56 Å². The van der Waals surface area contributed by atoms with Crippen molar-refractivity contribution < 1.29 is 4.79 Å². The Morgan fingerprint density at radius 3 is 3.05 bits per heavy atom. The third kappa shape index (κ3) is 3.08. The second-order valence-corrected chi connectivity index (χ2v) is 6.14. The number of rotatable bonds is 3. The van der Waals surface area contributed by atoms with Crippen LogP contribution in [0.15, 0.2) is 41.2 Å². The Bertz CT molecular complexity index is 585. The molecular weight excluding hydrogens is 282 g/mol. The summed E-state index contributed by atoms with van der Waals surface area (Å²) >= 11 is 1.56. The molecule has 3 heterocycles. The van der Waals surface area contributed by atoms with Gasteiger partial charge in [0.25, 0.3) is 5.91 Å². The summed E-state index contributed by atoms with van der Waals surface area (Å²) in [7, 11) is 1.91. The van der Waals surface area contributed by atoms with Gasteiger partial charge in [-0.15, -0.1) is 0 Å². The summed E-state index contributed by atoms with van der Waals surface area (Å²) in [5, 5.41) is 3.86. The van der Waals surface area contributed by atoms with Crippen molar-refractivity contribution in [1.82, 2.24) is 9.88 Å². The Morgan fingerprint density at radius 1 is 1.43 bits per heavy atom. The maximum absolute atomic E-state index is 12.4. The van der Waals surface area contributed by atoms with Gasteiger partial charge in [-0.2, -0.15) is 11.3 Å². The molecule has 0 N–H and O–H groups in total. The maximum Gasteiger partial charge on any atom is 0.254 e. The van der Waals surface area contributed by atoms with Gasteiger partial charge < -0.3 is 9.80 Å². The van der Waals surface area contributed by atoms with Gasteiger partial charge in [-0.3, -0.25) is 4.79 Å². The highest BCUT2D eigenvalue weighted by atomic mass is 32.1.